The number of rotatable bonds is 1. The molecule has 3 nitrogen and oxygen atoms in total. The lowest BCUT2D eigenvalue weighted by molar-refractivity contribution is -0.124. The molecule has 3 heteroatoms. The van der Waals surface area contributed by atoms with Crippen LogP contribution in [0.1, 0.15) is 19.3 Å². The van der Waals surface area contributed by atoms with E-state index in [1.807, 2.05) is 0 Å². The monoisotopic (exact) mass is 142 g/mol. The summed E-state index contributed by atoms with van der Waals surface area (Å²) in [6.07, 6.45) is 3.05. The second kappa shape index (κ2) is 3.01. The van der Waals surface area contributed by atoms with Crippen molar-refractivity contribution < 1.29 is 4.79 Å². The van der Waals surface area contributed by atoms with E-state index in [-0.39, 0.29) is 17.9 Å². The van der Waals surface area contributed by atoms with Crippen LogP contribution in [-0.4, -0.2) is 19.0 Å². The summed E-state index contributed by atoms with van der Waals surface area (Å²) >= 11 is 0. The maximum Gasteiger partial charge on any atom is 0.224 e. The summed E-state index contributed by atoms with van der Waals surface area (Å²) in [6.45, 7) is 0. The van der Waals surface area contributed by atoms with Crippen molar-refractivity contribution in [2.45, 2.75) is 25.3 Å². The first kappa shape index (κ1) is 7.54. The molecule has 0 aromatic carbocycles. The summed E-state index contributed by atoms with van der Waals surface area (Å²) < 4.78 is 0. The van der Waals surface area contributed by atoms with Gasteiger partial charge < -0.3 is 11.1 Å². The molecular formula is C7H14N2O. The van der Waals surface area contributed by atoms with Crippen LogP contribution >= 0.6 is 0 Å². The summed E-state index contributed by atoms with van der Waals surface area (Å²) in [5.41, 5.74) is 5.69. The van der Waals surface area contributed by atoms with Gasteiger partial charge in [0, 0.05) is 13.1 Å². The Kier molecular flexibility index (Phi) is 2.27. The molecule has 0 aromatic heterocycles. The Balaban J connectivity index is 2.46. The molecule has 1 fully saturated rings. The maximum absolute atomic E-state index is 11.0. The van der Waals surface area contributed by atoms with Crippen molar-refractivity contribution in [2.24, 2.45) is 11.7 Å². The average molecular weight is 142 g/mol. The van der Waals surface area contributed by atoms with E-state index in [0.717, 1.165) is 19.3 Å². The van der Waals surface area contributed by atoms with Gasteiger partial charge in [-0.1, -0.05) is 6.42 Å². The molecule has 1 rings (SSSR count). The average Bonchev–Trinajstić information content (AvgIpc) is 2.34. The molecule has 0 bridgehead atoms. The van der Waals surface area contributed by atoms with Crippen LogP contribution in [0.2, 0.25) is 0 Å². The van der Waals surface area contributed by atoms with E-state index in [1.165, 1.54) is 0 Å². The van der Waals surface area contributed by atoms with E-state index >= 15 is 0 Å². The van der Waals surface area contributed by atoms with E-state index in [0.29, 0.717) is 0 Å². The molecule has 3 N–H and O–H groups in total. The molecule has 10 heavy (non-hydrogen) atoms. The highest BCUT2D eigenvalue weighted by Crippen LogP contribution is 2.23. The SMILES string of the molecule is CNC(=O)[C@@H]1CCC[C@H]1N. The number of nitrogens with two attached hydrogens (primary N) is 1. The van der Waals surface area contributed by atoms with Gasteiger partial charge in [0.1, 0.15) is 0 Å². The van der Waals surface area contributed by atoms with Gasteiger partial charge in [-0.25, -0.2) is 0 Å². The largest absolute Gasteiger partial charge is 0.359 e. The quantitative estimate of drug-likeness (QED) is 0.535. The van der Waals surface area contributed by atoms with Crippen molar-refractivity contribution >= 4 is 5.91 Å². The Bertz CT molecular complexity index is 136. The van der Waals surface area contributed by atoms with Crippen LogP contribution in [0.4, 0.5) is 0 Å². The summed E-state index contributed by atoms with van der Waals surface area (Å²) in [6, 6.07) is 0.0972. The zero-order valence-electron chi connectivity index (χ0n) is 6.26. The molecule has 1 amide bonds. The highest BCUT2D eigenvalue weighted by atomic mass is 16.1. The number of amides is 1. The molecule has 0 heterocycles. The lowest BCUT2D eigenvalue weighted by atomic mass is 10.0. The van der Waals surface area contributed by atoms with Gasteiger partial charge in [0.05, 0.1) is 5.92 Å². The summed E-state index contributed by atoms with van der Waals surface area (Å²) in [4.78, 5) is 11.0. The lowest BCUT2D eigenvalue weighted by Gasteiger charge is -2.12. The van der Waals surface area contributed by atoms with Crippen molar-refractivity contribution in [1.29, 1.82) is 0 Å². The minimum atomic E-state index is 0.0741. The molecule has 0 aliphatic heterocycles. The van der Waals surface area contributed by atoms with Gasteiger partial charge in [0.15, 0.2) is 0 Å². The van der Waals surface area contributed by atoms with E-state index in [2.05, 4.69) is 5.32 Å². The van der Waals surface area contributed by atoms with Crippen molar-refractivity contribution in [3.8, 4) is 0 Å². The van der Waals surface area contributed by atoms with Crippen LogP contribution in [0, 0.1) is 5.92 Å². The molecular weight excluding hydrogens is 128 g/mol. The van der Waals surface area contributed by atoms with Gasteiger partial charge in [0.25, 0.3) is 0 Å². The fourth-order valence-corrected chi connectivity index (χ4v) is 1.50. The first-order valence-corrected chi connectivity index (χ1v) is 3.73. The fourth-order valence-electron chi connectivity index (χ4n) is 1.50. The number of hydrogen-bond acceptors (Lipinski definition) is 2. The lowest BCUT2D eigenvalue weighted by Crippen LogP contribution is -2.36. The van der Waals surface area contributed by atoms with Crippen LogP contribution in [0.5, 0.6) is 0 Å². The minimum absolute atomic E-state index is 0.0741. The highest BCUT2D eigenvalue weighted by Gasteiger charge is 2.29. The van der Waals surface area contributed by atoms with Crippen molar-refractivity contribution in [2.75, 3.05) is 7.05 Å². The zero-order valence-corrected chi connectivity index (χ0v) is 6.26. The second-order valence-electron chi connectivity index (χ2n) is 2.82. The van der Waals surface area contributed by atoms with E-state index in [1.54, 1.807) is 7.05 Å². The number of nitrogens with one attached hydrogen (secondary N) is 1. The number of carbonyl (C=O) groups excluding carboxylic acids is 1. The summed E-state index contributed by atoms with van der Waals surface area (Å²) in [5, 5.41) is 2.62. The van der Waals surface area contributed by atoms with Crippen molar-refractivity contribution in [1.82, 2.24) is 5.32 Å². The smallest absolute Gasteiger partial charge is 0.224 e. The van der Waals surface area contributed by atoms with Crippen LogP contribution < -0.4 is 11.1 Å². The van der Waals surface area contributed by atoms with Gasteiger partial charge in [-0.05, 0) is 12.8 Å². The summed E-state index contributed by atoms with van der Waals surface area (Å²) in [7, 11) is 1.66. The third-order valence-corrected chi connectivity index (χ3v) is 2.15. The Morgan fingerprint density at radius 1 is 1.60 bits per heavy atom. The van der Waals surface area contributed by atoms with E-state index in [4.69, 9.17) is 5.73 Å². The van der Waals surface area contributed by atoms with Crippen molar-refractivity contribution in [3.63, 3.8) is 0 Å². The van der Waals surface area contributed by atoms with Gasteiger partial charge in [0.2, 0.25) is 5.91 Å². The predicted molar refractivity (Wildman–Crippen MR) is 39.4 cm³/mol. The normalized spacial score (nSPS) is 32.2. The molecule has 0 aromatic rings. The van der Waals surface area contributed by atoms with Gasteiger partial charge in [-0.2, -0.15) is 0 Å². The van der Waals surface area contributed by atoms with Crippen LogP contribution in [0.25, 0.3) is 0 Å². The van der Waals surface area contributed by atoms with Gasteiger partial charge in [-0.15, -0.1) is 0 Å². The fraction of sp³-hybridized carbons (Fsp3) is 0.857. The predicted octanol–water partition coefficient (Wildman–Crippen LogP) is -0.140. The third kappa shape index (κ3) is 1.29. The minimum Gasteiger partial charge on any atom is -0.359 e. The van der Waals surface area contributed by atoms with E-state index in [9.17, 15) is 4.79 Å². The molecule has 1 aliphatic carbocycles. The molecule has 0 spiro atoms. The first-order chi connectivity index (χ1) is 4.75. The Hall–Kier alpha value is -0.570. The Morgan fingerprint density at radius 3 is 2.70 bits per heavy atom. The van der Waals surface area contributed by atoms with Gasteiger partial charge in [-0.3, -0.25) is 4.79 Å². The van der Waals surface area contributed by atoms with Crippen LogP contribution in [0.15, 0.2) is 0 Å². The first-order valence-electron chi connectivity index (χ1n) is 3.73. The molecule has 0 unspecified atom stereocenters. The van der Waals surface area contributed by atoms with Crippen LogP contribution in [0.3, 0.4) is 0 Å². The second-order valence-corrected chi connectivity index (χ2v) is 2.82. The highest BCUT2D eigenvalue weighted by molar-refractivity contribution is 5.79. The maximum atomic E-state index is 11.0. The molecule has 1 aliphatic rings. The molecule has 0 saturated heterocycles. The Labute approximate surface area is 61.0 Å². The van der Waals surface area contributed by atoms with Crippen molar-refractivity contribution in [3.05, 3.63) is 0 Å². The number of hydrogen-bond donors (Lipinski definition) is 2. The Morgan fingerprint density at radius 2 is 2.30 bits per heavy atom. The molecule has 58 valence electrons. The topological polar surface area (TPSA) is 55.1 Å². The number of carbonyl (C=O) groups is 1. The molecule has 0 radical (unpaired) electrons. The zero-order chi connectivity index (χ0) is 7.56. The van der Waals surface area contributed by atoms with Gasteiger partial charge >= 0.3 is 0 Å². The third-order valence-electron chi connectivity index (χ3n) is 2.15. The molecule has 1 saturated carbocycles. The standard InChI is InChI=1S/C7H14N2O/c1-9-7(10)5-3-2-4-6(5)8/h5-6H,2-4,8H2,1H3,(H,9,10)/t5-,6-/m1/s1. The van der Waals surface area contributed by atoms with E-state index < -0.39 is 0 Å². The van der Waals surface area contributed by atoms with Crippen LogP contribution in [-0.2, 0) is 4.79 Å². The molecule has 2 atom stereocenters. The summed E-state index contributed by atoms with van der Waals surface area (Å²) in [5.74, 6) is 0.176.